The molecule has 3 unspecified atom stereocenters. The Labute approximate surface area is 317 Å². The molecule has 272 valence electrons. The lowest BCUT2D eigenvalue weighted by Gasteiger charge is -2.39. The molecule has 8 aromatic rings. The van der Waals surface area contributed by atoms with E-state index in [1.54, 1.807) is 47.9 Å². The number of aliphatic hydroxyl groups is 1. The summed E-state index contributed by atoms with van der Waals surface area (Å²) in [4.78, 5) is 36.4. The van der Waals surface area contributed by atoms with Gasteiger partial charge < -0.3 is 29.9 Å². The third-order valence-corrected chi connectivity index (χ3v) is 10.3. The number of anilines is 2. The van der Waals surface area contributed by atoms with Crippen LogP contribution in [0.3, 0.4) is 0 Å². The fraction of sp³-hybridized carbons (Fsp3) is 0.200. The van der Waals surface area contributed by atoms with E-state index in [9.17, 15) is 14.7 Å². The molecule has 3 atom stereocenters. The molecule has 0 bridgehead atoms. The van der Waals surface area contributed by atoms with Gasteiger partial charge in [0.15, 0.2) is 22.8 Å². The van der Waals surface area contributed by atoms with Gasteiger partial charge in [-0.2, -0.15) is 9.97 Å². The minimum Gasteiger partial charge on any atom is -0.450 e. The summed E-state index contributed by atoms with van der Waals surface area (Å²) in [6, 6.07) is 25.5. The summed E-state index contributed by atoms with van der Waals surface area (Å²) in [6.07, 6.45) is 0.599. The lowest BCUT2D eigenvalue weighted by molar-refractivity contribution is 0.281. The van der Waals surface area contributed by atoms with Crippen LogP contribution < -0.4 is 27.3 Å². The molecule has 5 heterocycles. The molecule has 4 aromatic heterocycles. The Morgan fingerprint density at radius 1 is 0.833 bits per heavy atom. The number of furan rings is 2. The minimum absolute atomic E-state index is 0.0369. The number of hydrogen-bond acceptors (Lipinski definition) is 10. The fourth-order valence-corrected chi connectivity index (χ4v) is 7.55. The SMILES string of the molecule is Cc1cccc(-n2c(=O)nc(NC3CNC3Cc3cccc(-n4c(=O)nc(NC(C)CO)c5oc6ccc(Cl)cc6c54)c3)c3oc4ccc(Cl)cc4c32)c1. The summed E-state index contributed by atoms with van der Waals surface area (Å²) in [5.41, 5.74) is 5.35. The van der Waals surface area contributed by atoms with Gasteiger partial charge in [-0.15, -0.1) is 0 Å². The first-order chi connectivity index (χ1) is 26.1. The topological polar surface area (TPSA) is 152 Å². The third-order valence-electron chi connectivity index (χ3n) is 9.87. The van der Waals surface area contributed by atoms with E-state index in [0.29, 0.717) is 84.3 Å². The van der Waals surface area contributed by atoms with E-state index in [-0.39, 0.29) is 30.6 Å². The van der Waals surface area contributed by atoms with Crippen molar-refractivity contribution in [2.24, 2.45) is 0 Å². The number of nitrogens with zero attached hydrogens (tertiary/aromatic N) is 4. The van der Waals surface area contributed by atoms with Gasteiger partial charge in [0.05, 0.1) is 24.0 Å². The van der Waals surface area contributed by atoms with E-state index in [1.165, 1.54) is 4.57 Å². The normalized spacial score (nSPS) is 16.3. The predicted octanol–water partition coefficient (Wildman–Crippen LogP) is 6.98. The molecule has 0 aliphatic carbocycles. The van der Waals surface area contributed by atoms with Crippen LogP contribution in [0.5, 0.6) is 0 Å². The number of hydrogen-bond donors (Lipinski definition) is 4. The fourth-order valence-electron chi connectivity index (χ4n) is 7.20. The summed E-state index contributed by atoms with van der Waals surface area (Å²) in [5, 5.41) is 22.1. The van der Waals surface area contributed by atoms with Crippen molar-refractivity contribution in [3.63, 3.8) is 0 Å². The third kappa shape index (κ3) is 5.87. The zero-order valence-corrected chi connectivity index (χ0v) is 30.6. The first-order valence-electron chi connectivity index (χ1n) is 17.5. The van der Waals surface area contributed by atoms with Crippen LogP contribution in [-0.2, 0) is 6.42 Å². The van der Waals surface area contributed by atoms with E-state index >= 15 is 0 Å². The zero-order valence-electron chi connectivity index (χ0n) is 29.1. The second kappa shape index (κ2) is 13.3. The standard InChI is InChI=1S/C40H33Cl2N7O5/c1-20-5-3-7-25(13-20)48-34-28-17-24(42)10-12-32(28)54-36(34)38(47-40(48)52)45-30-18-43-29(30)15-22-6-4-8-26(14-22)49-33-27-16-23(41)9-11-31(27)53-35(33)37(46-39(49)51)44-21(2)19-50/h3-14,16-17,21,29-30,43,50H,15,18-19H2,1-2H3,(H,44,46,51)(H,45,47,52). The Hall–Kier alpha value is -5.66. The molecular formula is C40H33Cl2N7O5. The van der Waals surface area contributed by atoms with Crippen LogP contribution in [0, 0.1) is 6.92 Å². The first kappa shape index (κ1) is 34.1. The van der Waals surface area contributed by atoms with Gasteiger partial charge in [-0.25, -0.2) is 9.59 Å². The molecule has 0 amide bonds. The van der Waals surface area contributed by atoms with Crippen LogP contribution in [0.2, 0.25) is 10.0 Å². The van der Waals surface area contributed by atoms with Crippen molar-refractivity contribution in [3.05, 3.63) is 127 Å². The number of aromatic nitrogens is 4. The maximum atomic E-state index is 13.8. The van der Waals surface area contributed by atoms with E-state index in [2.05, 4.69) is 25.9 Å². The van der Waals surface area contributed by atoms with Gasteiger partial charge in [0, 0.05) is 39.4 Å². The molecule has 1 aliphatic heterocycles. The number of aryl methyl sites for hydroxylation is 1. The number of halogens is 2. The van der Waals surface area contributed by atoms with Crippen LogP contribution >= 0.6 is 23.2 Å². The Balaban J connectivity index is 1.06. The second-order valence-corrected chi connectivity index (χ2v) is 14.6. The zero-order chi connectivity index (χ0) is 37.2. The van der Waals surface area contributed by atoms with E-state index in [1.807, 2.05) is 55.5 Å². The minimum atomic E-state index is -0.515. The van der Waals surface area contributed by atoms with Crippen molar-refractivity contribution in [1.29, 1.82) is 0 Å². The van der Waals surface area contributed by atoms with E-state index < -0.39 is 11.4 Å². The van der Waals surface area contributed by atoms with Crippen LogP contribution in [0.4, 0.5) is 11.6 Å². The Morgan fingerprint density at radius 2 is 1.43 bits per heavy atom. The molecule has 0 spiro atoms. The number of nitrogens with one attached hydrogen (secondary N) is 3. The molecule has 12 nitrogen and oxygen atoms in total. The molecule has 14 heteroatoms. The highest BCUT2D eigenvalue weighted by atomic mass is 35.5. The van der Waals surface area contributed by atoms with Gasteiger partial charge in [0.25, 0.3) is 0 Å². The summed E-state index contributed by atoms with van der Waals surface area (Å²) >= 11 is 12.8. The number of rotatable bonds is 9. The van der Waals surface area contributed by atoms with Crippen molar-refractivity contribution >= 4 is 79.0 Å². The molecule has 1 fully saturated rings. The summed E-state index contributed by atoms with van der Waals surface area (Å²) in [7, 11) is 0. The van der Waals surface area contributed by atoms with E-state index in [0.717, 1.165) is 11.1 Å². The maximum Gasteiger partial charge on any atom is 0.354 e. The molecule has 54 heavy (non-hydrogen) atoms. The summed E-state index contributed by atoms with van der Waals surface area (Å²) < 4.78 is 15.7. The number of benzene rings is 4. The number of aliphatic hydroxyl groups excluding tert-OH is 1. The number of fused-ring (bicyclic) bond motifs is 6. The predicted molar refractivity (Wildman–Crippen MR) is 212 cm³/mol. The molecule has 4 N–H and O–H groups in total. The molecule has 1 saturated heterocycles. The van der Waals surface area contributed by atoms with Gasteiger partial charge in [-0.05, 0) is 92.1 Å². The van der Waals surface area contributed by atoms with Crippen molar-refractivity contribution in [3.8, 4) is 11.4 Å². The van der Waals surface area contributed by atoms with Crippen molar-refractivity contribution in [2.45, 2.75) is 38.4 Å². The summed E-state index contributed by atoms with van der Waals surface area (Å²) in [5.74, 6) is 0.594. The average molecular weight is 763 g/mol. The second-order valence-electron chi connectivity index (χ2n) is 13.7. The molecule has 0 saturated carbocycles. The Morgan fingerprint density at radius 3 is 2.02 bits per heavy atom. The molecule has 9 rings (SSSR count). The van der Waals surface area contributed by atoms with Crippen LogP contribution in [0.1, 0.15) is 18.1 Å². The largest absolute Gasteiger partial charge is 0.450 e. The molecule has 0 radical (unpaired) electrons. The first-order valence-corrected chi connectivity index (χ1v) is 18.2. The quantitative estimate of drug-likeness (QED) is 0.121. The van der Waals surface area contributed by atoms with Crippen LogP contribution in [0.15, 0.2) is 103 Å². The highest BCUT2D eigenvalue weighted by Crippen LogP contribution is 2.36. The Bertz CT molecular complexity index is 2900. The smallest absolute Gasteiger partial charge is 0.354 e. The van der Waals surface area contributed by atoms with Gasteiger partial charge in [-0.3, -0.25) is 9.13 Å². The van der Waals surface area contributed by atoms with Gasteiger partial charge in [0.2, 0.25) is 0 Å². The monoisotopic (exact) mass is 761 g/mol. The van der Waals surface area contributed by atoms with Crippen molar-refractivity contribution in [2.75, 3.05) is 23.8 Å². The van der Waals surface area contributed by atoms with Crippen LogP contribution in [0.25, 0.3) is 55.5 Å². The molecule has 1 aliphatic rings. The lowest BCUT2D eigenvalue weighted by Crippen LogP contribution is -2.62. The highest BCUT2D eigenvalue weighted by molar-refractivity contribution is 6.32. The lowest BCUT2D eigenvalue weighted by atomic mass is 9.92. The average Bonchev–Trinajstić information content (AvgIpc) is 3.71. The van der Waals surface area contributed by atoms with Gasteiger partial charge in [0.1, 0.15) is 22.2 Å². The van der Waals surface area contributed by atoms with E-state index in [4.69, 9.17) is 32.0 Å². The van der Waals surface area contributed by atoms with Gasteiger partial charge in [-0.1, -0.05) is 47.5 Å². The molecule has 4 aromatic carbocycles. The van der Waals surface area contributed by atoms with Gasteiger partial charge >= 0.3 is 11.4 Å². The van der Waals surface area contributed by atoms with Crippen LogP contribution in [-0.4, -0.2) is 55.5 Å². The maximum absolute atomic E-state index is 13.8. The highest BCUT2D eigenvalue weighted by Gasteiger charge is 2.32. The van der Waals surface area contributed by atoms with Crippen molar-refractivity contribution < 1.29 is 13.9 Å². The molecular weight excluding hydrogens is 729 g/mol. The summed E-state index contributed by atoms with van der Waals surface area (Å²) in [6.45, 7) is 4.23. The van der Waals surface area contributed by atoms with Crippen molar-refractivity contribution in [1.82, 2.24) is 24.4 Å². The Kier molecular flexibility index (Phi) is 8.42.